The minimum Gasteiger partial charge on any atom is -0.394 e. The molecule has 1 unspecified atom stereocenters. The number of nitroso groups, excluding NO2 is 1. The summed E-state index contributed by atoms with van der Waals surface area (Å²) in [5, 5.41) is 24.7. The van der Waals surface area contributed by atoms with E-state index < -0.39 is 30.6 Å². The molecule has 24 heavy (non-hydrogen) atoms. The molecule has 0 saturated carbocycles. The fourth-order valence-electron chi connectivity index (χ4n) is 2.66. The predicted molar refractivity (Wildman–Crippen MR) is 86.3 cm³/mol. The van der Waals surface area contributed by atoms with E-state index in [1.807, 2.05) is 5.38 Å². The van der Waals surface area contributed by atoms with E-state index in [1.54, 1.807) is 0 Å². The van der Waals surface area contributed by atoms with E-state index in [1.165, 1.54) is 10.9 Å². The Kier molecular flexibility index (Phi) is 4.24. The van der Waals surface area contributed by atoms with Gasteiger partial charge in [0.25, 0.3) is 0 Å². The zero-order valence-corrected chi connectivity index (χ0v) is 13.5. The first-order valence-electron chi connectivity index (χ1n) is 6.62. The molecule has 1 aliphatic heterocycles. The van der Waals surface area contributed by atoms with Crippen molar-refractivity contribution < 1.29 is 14.9 Å². The molecular weight excluding hydrogens is 360 g/mol. The van der Waals surface area contributed by atoms with Gasteiger partial charge in [-0.2, -0.15) is 0 Å². The van der Waals surface area contributed by atoms with Crippen LogP contribution in [-0.4, -0.2) is 54.1 Å². The molecule has 10 nitrogen and oxygen atoms in total. The second kappa shape index (κ2) is 6.08. The Labute approximate surface area is 144 Å². The highest BCUT2D eigenvalue weighted by Crippen LogP contribution is 2.42. The minimum atomic E-state index is -1.95. The summed E-state index contributed by atoms with van der Waals surface area (Å²) in [6.45, 7) is -0.550. The van der Waals surface area contributed by atoms with E-state index in [0.29, 0.717) is 11.2 Å². The summed E-state index contributed by atoms with van der Waals surface area (Å²) in [4.78, 5) is 22.3. The largest absolute Gasteiger partial charge is 0.394 e. The van der Waals surface area contributed by atoms with Crippen LogP contribution in [0.3, 0.4) is 0 Å². The molecule has 0 aromatic carbocycles. The first-order chi connectivity index (χ1) is 11.5. The van der Waals surface area contributed by atoms with Gasteiger partial charge in [0, 0.05) is 5.38 Å². The molecule has 1 fully saturated rings. The lowest BCUT2D eigenvalue weighted by Gasteiger charge is -2.24. The summed E-state index contributed by atoms with van der Waals surface area (Å²) >= 11 is 10.5. The van der Waals surface area contributed by atoms with Gasteiger partial charge in [-0.15, -0.1) is 4.91 Å². The lowest BCUT2D eigenvalue weighted by Crippen LogP contribution is -2.44. The summed E-state index contributed by atoms with van der Waals surface area (Å²) in [7, 11) is 0. The van der Waals surface area contributed by atoms with Crippen LogP contribution in [0.25, 0.3) is 11.2 Å². The second-order valence-electron chi connectivity index (χ2n) is 5.07. The maximum absolute atomic E-state index is 11.5. The van der Waals surface area contributed by atoms with Crippen LogP contribution < -0.4 is 5.73 Å². The smallest absolute Gasteiger partial charge is 0.236 e. The van der Waals surface area contributed by atoms with Crippen molar-refractivity contribution in [2.24, 2.45) is 5.18 Å². The molecule has 12 heteroatoms. The molecular formula is C12H11ClN6O4S. The van der Waals surface area contributed by atoms with Crippen LogP contribution in [0.1, 0.15) is 6.23 Å². The third-order valence-electron chi connectivity index (χ3n) is 3.78. The van der Waals surface area contributed by atoms with Crippen molar-refractivity contribution in [3.8, 4) is 11.3 Å². The van der Waals surface area contributed by atoms with Crippen molar-refractivity contribution in [3.05, 3.63) is 15.9 Å². The van der Waals surface area contributed by atoms with Crippen LogP contribution in [0.5, 0.6) is 0 Å². The summed E-state index contributed by atoms with van der Waals surface area (Å²) in [6, 6.07) is 0. The molecule has 0 radical (unpaired) electrons. The Hall–Kier alpha value is -2.10. The topological polar surface area (TPSA) is 152 Å². The van der Waals surface area contributed by atoms with Crippen LogP contribution in [0, 0.1) is 20.8 Å². The van der Waals surface area contributed by atoms with E-state index in [-0.39, 0.29) is 10.6 Å². The third kappa shape index (κ3) is 2.27. The van der Waals surface area contributed by atoms with Crippen LogP contribution in [0.15, 0.2) is 11.5 Å². The van der Waals surface area contributed by atoms with Gasteiger partial charge in [-0.05, 0) is 22.7 Å². The molecule has 2 aromatic heterocycles. The van der Waals surface area contributed by atoms with Gasteiger partial charge in [-0.1, -0.05) is 12.2 Å². The Morgan fingerprint density at radius 1 is 1.67 bits per heavy atom. The maximum atomic E-state index is 11.5. The lowest BCUT2D eigenvalue weighted by molar-refractivity contribution is -0.0446. The molecule has 0 spiro atoms. The number of nitrogens with zero attached hydrogens (tertiary/aromatic N) is 4. The molecule has 0 amide bonds. The number of nitrogen functional groups attached to an aromatic ring is 1. The van der Waals surface area contributed by atoms with Gasteiger partial charge in [0.15, 0.2) is 16.8 Å². The summed E-state index contributed by atoms with van der Waals surface area (Å²) in [5.41, 5.74) is 4.31. The van der Waals surface area contributed by atoms with Gasteiger partial charge in [0.2, 0.25) is 5.54 Å². The predicted octanol–water partition coefficient (Wildman–Crippen LogP) is 0.0266. The van der Waals surface area contributed by atoms with E-state index in [0.717, 1.165) is 0 Å². The number of hydrogen-bond donors (Lipinski definition) is 4. The second-order valence-corrected chi connectivity index (χ2v) is 5.64. The van der Waals surface area contributed by atoms with Gasteiger partial charge >= 0.3 is 0 Å². The fourth-order valence-corrected chi connectivity index (χ4v) is 3.06. The molecule has 126 valence electrons. The van der Waals surface area contributed by atoms with Crippen molar-refractivity contribution in [1.29, 1.82) is 0 Å². The van der Waals surface area contributed by atoms with Crippen molar-refractivity contribution in [2.75, 3.05) is 12.3 Å². The average molecular weight is 371 g/mol. The van der Waals surface area contributed by atoms with Crippen molar-refractivity contribution in [1.82, 2.24) is 19.5 Å². The molecule has 3 heterocycles. The number of aromatic amines is 1. The highest BCUT2D eigenvalue weighted by molar-refractivity contribution is 7.71. The first-order valence-corrected chi connectivity index (χ1v) is 7.41. The van der Waals surface area contributed by atoms with Crippen LogP contribution >= 0.6 is 23.8 Å². The SMILES string of the molecule is Nc1nc(=S)c2ncn([C@@H]3O[C@H](CO)C(O)[C@@]3(C#CCl)N=O)c2[nH]1. The van der Waals surface area contributed by atoms with E-state index in [4.69, 9.17) is 34.3 Å². The number of rotatable bonds is 3. The average Bonchev–Trinajstić information content (AvgIpc) is 3.08. The molecule has 2 aromatic rings. The van der Waals surface area contributed by atoms with E-state index >= 15 is 0 Å². The van der Waals surface area contributed by atoms with Gasteiger partial charge < -0.3 is 25.7 Å². The summed E-state index contributed by atoms with van der Waals surface area (Å²) in [5.74, 6) is 2.40. The number of anilines is 1. The minimum absolute atomic E-state index is 0.0274. The molecule has 5 N–H and O–H groups in total. The van der Waals surface area contributed by atoms with Crippen molar-refractivity contribution in [3.63, 3.8) is 0 Å². The Bertz CT molecular complexity index is 920. The van der Waals surface area contributed by atoms with Crippen molar-refractivity contribution in [2.45, 2.75) is 24.0 Å². The number of nitrogens with one attached hydrogen (secondary N) is 1. The number of nitrogens with two attached hydrogens (primary N) is 1. The molecule has 1 saturated heterocycles. The highest BCUT2D eigenvalue weighted by Gasteiger charge is 2.59. The summed E-state index contributed by atoms with van der Waals surface area (Å²) in [6.07, 6.45) is -2.50. The first kappa shape index (κ1) is 16.7. The van der Waals surface area contributed by atoms with E-state index in [2.05, 4.69) is 26.0 Å². The Balaban J connectivity index is 2.25. The van der Waals surface area contributed by atoms with Crippen LogP contribution in [0.2, 0.25) is 0 Å². The number of aromatic nitrogens is 4. The number of ether oxygens (including phenoxy) is 1. The monoisotopic (exact) mass is 370 g/mol. The zero-order valence-electron chi connectivity index (χ0n) is 11.9. The molecule has 4 atom stereocenters. The summed E-state index contributed by atoms with van der Waals surface area (Å²) < 4.78 is 7.06. The normalized spacial score (nSPS) is 29.4. The van der Waals surface area contributed by atoms with Gasteiger partial charge in [-0.3, -0.25) is 4.57 Å². The van der Waals surface area contributed by atoms with Crippen LogP contribution in [-0.2, 0) is 4.74 Å². The van der Waals surface area contributed by atoms with E-state index in [9.17, 15) is 15.1 Å². The zero-order chi connectivity index (χ0) is 17.5. The highest BCUT2D eigenvalue weighted by atomic mass is 35.5. The van der Waals surface area contributed by atoms with Gasteiger partial charge in [-0.25, -0.2) is 9.97 Å². The maximum Gasteiger partial charge on any atom is 0.236 e. The number of hydrogen-bond acceptors (Lipinski definition) is 9. The molecule has 0 bridgehead atoms. The number of fused-ring (bicyclic) bond motifs is 1. The Morgan fingerprint density at radius 2 is 2.42 bits per heavy atom. The number of aliphatic hydroxyl groups excluding tert-OH is 2. The number of aliphatic hydroxyl groups is 2. The number of H-pyrrole nitrogens is 1. The third-order valence-corrected chi connectivity index (χ3v) is 4.16. The fraction of sp³-hybridized carbons (Fsp3) is 0.417. The standard InChI is InChI=1S/C12H11ClN6O4S/c13-2-1-12(18-22)7(21)5(3-20)23-10(12)19-4-15-6-8(19)16-11(14)17-9(6)24/h4-5,7,10,20-21H,3H2,(H3,14,16,17,24)/t5-,7?,10-,12-/m1/s1. The van der Waals surface area contributed by atoms with Crippen LogP contribution in [0.4, 0.5) is 5.95 Å². The molecule has 0 aliphatic carbocycles. The molecule has 3 rings (SSSR count). The quantitative estimate of drug-likeness (QED) is 0.335. The number of imidazole rings is 1. The molecule has 1 aliphatic rings. The van der Waals surface area contributed by atoms with Gasteiger partial charge in [0.1, 0.15) is 23.4 Å². The van der Waals surface area contributed by atoms with Crippen molar-refractivity contribution >= 4 is 40.9 Å². The van der Waals surface area contributed by atoms with Gasteiger partial charge in [0.05, 0.1) is 12.9 Å². The number of halogens is 1. The lowest BCUT2D eigenvalue weighted by atomic mass is 9.92. The Morgan fingerprint density at radius 3 is 3.04 bits per heavy atom.